The zero-order chi connectivity index (χ0) is 15.1. The smallest absolute Gasteiger partial charge is 0.277 e. The number of ether oxygens (including phenoxy) is 1. The number of hydrogen-bond donors (Lipinski definition) is 2. The van der Waals surface area contributed by atoms with Crippen molar-refractivity contribution in [1.29, 1.82) is 0 Å². The number of methoxy groups -OCH3 is 1. The number of benzene rings is 1. The Hall–Kier alpha value is -2.62. The highest BCUT2D eigenvalue weighted by Gasteiger charge is 2.13. The second-order valence-corrected chi connectivity index (χ2v) is 4.12. The van der Waals surface area contributed by atoms with E-state index in [9.17, 15) is 4.79 Å². The predicted molar refractivity (Wildman–Crippen MR) is 77.5 cm³/mol. The van der Waals surface area contributed by atoms with Crippen LogP contribution in [0.25, 0.3) is 0 Å². The summed E-state index contributed by atoms with van der Waals surface area (Å²) in [6.45, 7) is 0.519. The maximum atomic E-state index is 12.1. The van der Waals surface area contributed by atoms with E-state index in [1.165, 1.54) is 13.2 Å². The minimum absolute atomic E-state index is 0.184. The average molecular weight is 285 g/mol. The molecule has 6 nitrogen and oxygen atoms in total. The van der Waals surface area contributed by atoms with E-state index in [2.05, 4.69) is 22.3 Å². The third kappa shape index (κ3) is 3.92. The monoisotopic (exact) mass is 285 g/mol. The van der Waals surface area contributed by atoms with Gasteiger partial charge < -0.3 is 20.3 Å². The van der Waals surface area contributed by atoms with Crippen LogP contribution >= 0.6 is 0 Å². The molecule has 0 aliphatic carbocycles. The van der Waals surface area contributed by atoms with Crippen molar-refractivity contribution >= 4 is 11.6 Å². The van der Waals surface area contributed by atoms with Crippen molar-refractivity contribution in [2.24, 2.45) is 5.73 Å². The first kappa shape index (κ1) is 14.8. The van der Waals surface area contributed by atoms with Crippen LogP contribution in [-0.2, 0) is 11.3 Å². The first-order chi connectivity index (χ1) is 10.2. The van der Waals surface area contributed by atoms with Crippen LogP contribution in [0.5, 0.6) is 0 Å². The molecule has 1 aromatic heterocycles. The zero-order valence-electron chi connectivity index (χ0n) is 11.6. The molecule has 0 fully saturated rings. The summed E-state index contributed by atoms with van der Waals surface area (Å²) in [5.74, 6) is 5.77. The van der Waals surface area contributed by atoms with Gasteiger partial charge in [-0.1, -0.05) is 29.1 Å². The average Bonchev–Trinajstić information content (AvgIpc) is 2.95. The van der Waals surface area contributed by atoms with Crippen LogP contribution in [0.15, 0.2) is 34.9 Å². The van der Waals surface area contributed by atoms with Gasteiger partial charge in [0.2, 0.25) is 0 Å². The van der Waals surface area contributed by atoms with E-state index < -0.39 is 0 Å². The molecule has 0 saturated carbocycles. The van der Waals surface area contributed by atoms with Crippen molar-refractivity contribution in [3.8, 4) is 11.8 Å². The summed E-state index contributed by atoms with van der Waals surface area (Å²) < 4.78 is 9.89. The van der Waals surface area contributed by atoms with E-state index in [4.69, 9.17) is 15.0 Å². The number of hydrogen-bond acceptors (Lipinski definition) is 5. The number of nitrogens with two attached hydrogens (primary N) is 1. The molecule has 21 heavy (non-hydrogen) atoms. The van der Waals surface area contributed by atoms with Crippen LogP contribution in [0.4, 0.5) is 5.69 Å². The molecule has 108 valence electrons. The van der Waals surface area contributed by atoms with E-state index >= 15 is 0 Å². The number of carbonyl (C=O) groups excluding carboxylic acids is 1. The second-order valence-electron chi connectivity index (χ2n) is 4.12. The summed E-state index contributed by atoms with van der Waals surface area (Å²) >= 11 is 0. The van der Waals surface area contributed by atoms with Crippen molar-refractivity contribution in [2.75, 3.05) is 19.0 Å². The van der Waals surface area contributed by atoms with Gasteiger partial charge in [0, 0.05) is 18.7 Å². The van der Waals surface area contributed by atoms with E-state index in [-0.39, 0.29) is 24.8 Å². The Morgan fingerprint density at radius 3 is 3.05 bits per heavy atom. The van der Waals surface area contributed by atoms with Crippen LogP contribution in [0, 0.1) is 11.8 Å². The number of rotatable bonds is 4. The number of aromatic nitrogens is 1. The number of anilines is 1. The van der Waals surface area contributed by atoms with Gasteiger partial charge in [0.1, 0.15) is 6.61 Å². The summed E-state index contributed by atoms with van der Waals surface area (Å²) in [4.78, 5) is 12.1. The molecule has 1 heterocycles. The minimum Gasteiger partial charge on any atom is -0.377 e. The van der Waals surface area contributed by atoms with Gasteiger partial charge in [-0.05, 0) is 12.1 Å². The Balaban J connectivity index is 2.15. The lowest BCUT2D eigenvalue weighted by Gasteiger charge is -2.05. The van der Waals surface area contributed by atoms with Gasteiger partial charge in [-0.3, -0.25) is 4.79 Å². The highest BCUT2D eigenvalue weighted by atomic mass is 16.5. The Kier molecular flexibility index (Phi) is 5.10. The van der Waals surface area contributed by atoms with Crippen molar-refractivity contribution in [2.45, 2.75) is 6.61 Å². The van der Waals surface area contributed by atoms with E-state index in [1.54, 1.807) is 12.1 Å². The summed E-state index contributed by atoms with van der Waals surface area (Å²) in [7, 11) is 1.54. The van der Waals surface area contributed by atoms with Gasteiger partial charge in [0.25, 0.3) is 5.91 Å². The van der Waals surface area contributed by atoms with Crippen LogP contribution in [0.2, 0.25) is 0 Å². The lowest BCUT2D eigenvalue weighted by Crippen LogP contribution is -2.13. The van der Waals surface area contributed by atoms with Crippen molar-refractivity contribution < 1.29 is 14.1 Å². The van der Waals surface area contributed by atoms with Gasteiger partial charge in [0.15, 0.2) is 11.5 Å². The normalized spacial score (nSPS) is 9.81. The van der Waals surface area contributed by atoms with Gasteiger partial charge in [-0.15, -0.1) is 0 Å². The number of carbonyl (C=O) groups is 1. The number of nitrogens with zero attached hydrogens (tertiary/aromatic N) is 1. The molecule has 0 aliphatic rings. The quantitative estimate of drug-likeness (QED) is 0.828. The van der Waals surface area contributed by atoms with Gasteiger partial charge >= 0.3 is 0 Å². The molecule has 0 unspecified atom stereocenters. The number of para-hydroxylation sites is 1. The first-order valence-corrected chi connectivity index (χ1v) is 6.28. The second kappa shape index (κ2) is 7.24. The third-order valence-electron chi connectivity index (χ3n) is 2.58. The van der Waals surface area contributed by atoms with Crippen molar-refractivity contribution in [1.82, 2.24) is 5.16 Å². The molecular weight excluding hydrogens is 270 g/mol. The first-order valence-electron chi connectivity index (χ1n) is 6.28. The molecule has 2 aromatic rings. The standard InChI is InChI=1S/C15H15N3O3/c1-20-10-12-9-14(18-21-12)15(19)17-13-7-3-2-5-11(13)6-4-8-16/h2-3,5,7,9H,8,10,16H2,1H3,(H,17,19). The highest BCUT2D eigenvalue weighted by Crippen LogP contribution is 2.15. The molecule has 6 heteroatoms. The molecule has 1 amide bonds. The number of nitrogens with one attached hydrogen (secondary N) is 1. The minimum atomic E-state index is -0.372. The molecule has 1 aromatic carbocycles. The third-order valence-corrected chi connectivity index (χ3v) is 2.58. The topological polar surface area (TPSA) is 90.4 Å². The Bertz CT molecular complexity index is 683. The molecule has 0 spiro atoms. The van der Waals surface area contributed by atoms with Crippen molar-refractivity contribution in [3.63, 3.8) is 0 Å². The molecular formula is C15H15N3O3. The molecule has 3 N–H and O–H groups in total. The Labute approximate surface area is 122 Å². The zero-order valence-corrected chi connectivity index (χ0v) is 11.6. The van der Waals surface area contributed by atoms with Crippen LogP contribution in [-0.4, -0.2) is 24.7 Å². The molecule has 0 saturated heterocycles. The Morgan fingerprint density at radius 2 is 2.29 bits per heavy atom. The van der Waals surface area contributed by atoms with Crippen molar-refractivity contribution in [3.05, 3.63) is 47.3 Å². The van der Waals surface area contributed by atoms with Gasteiger partial charge in [-0.25, -0.2) is 0 Å². The molecule has 0 aliphatic heterocycles. The van der Waals surface area contributed by atoms with Crippen LogP contribution < -0.4 is 11.1 Å². The van der Waals surface area contributed by atoms with Gasteiger partial charge in [-0.2, -0.15) is 0 Å². The summed E-state index contributed by atoms with van der Waals surface area (Å²) in [6.07, 6.45) is 0. The van der Waals surface area contributed by atoms with E-state index in [1.807, 2.05) is 12.1 Å². The highest BCUT2D eigenvalue weighted by molar-refractivity contribution is 6.03. The Morgan fingerprint density at radius 1 is 1.48 bits per heavy atom. The maximum absolute atomic E-state index is 12.1. The molecule has 0 atom stereocenters. The fourth-order valence-electron chi connectivity index (χ4n) is 1.66. The number of amides is 1. The lowest BCUT2D eigenvalue weighted by atomic mass is 10.1. The summed E-state index contributed by atoms with van der Waals surface area (Å²) in [6, 6.07) is 8.74. The van der Waals surface area contributed by atoms with Crippen LogP contribution in [0.1, 0.15) is 21.8 Å². The predicted octanol–water partition coefficient (Wildman–Crippen LogP) is 1.38. The molecule has 2 rings (SSSR count). The van der Waals surface area contributed by atoms with Crippen LogP contribution in [0.3, 0.4) is 0 Å². The fourth-order valence-corrected chi connectivity index (χ4v) is 1.66. The summed E-state index contributed by atoms with van der Waals surface area (Å²) in [5, 5.41) is 6.45. The van der Waals surface area contributed by atoms with Gasteiger partial charge in [0.05, 0.1) is 12.2 Å². The fraction of sp³-hybridized carbons (Fsp3) is 0.200. The lowest BCUT2D eigenvalue weighted by molar-refractivity contribution is 0.101. The largest absolute Gasteiger partial charge is 0.377 e. The molecule has 0 bridgehead atoms. The SMILES string of the molecule is COCc1cc(C(=O)Nc2ccccc2C#CCN)no1. The maximum Gasteiger partial charge on any atom is 0.277 e. The van der Waals surface area contributed by atoms with E-state index in [0.717, 1.165) is 0 Å². The van der Waals surface area contributed by atoms with E-state index in [0.29, 0.717) is 17.0 Å². The summed E-state index contributed by atoms with van der Waals surface area (Å²) in [5.41, 5.74) is 6.83. The molecule has 0 radical (unpaired) electrons.